The third-order valence-electron chi connectivity index (χ3n) is 4.10. The van der Waals surface area contributed by atoms with Gasteiger partial charge in [-0.2, -0.15) is 0 Å². The number of hydrogen-bond acceptors (Lipinski definition) is 3. The van der Waals surface area contributed by atoms with Gasteiger partial charge in [-0.05, 0) is 25.0 Å². The first-order valence-electron chi connectivity index (χ1n) is 8.02. The maximum absolute atomic E-state index is 13.6. The fraction of sp³-hybridized carbons (Fsp3) is 0.529. The molecule has 0 radical (unpaired) electrons. The summed E-state index contributed by atoms with van der Waals surface area (Å²) in [4.78, 5) is 27.8. The first-order valence-corrected chi connectivity index (χ1v) is 8.02. The molecule has 2 N–H and O–H groups in total. The van der Waals surface area contributed by atoms with Crippen LogP contribution in [0.5, 0.6) is 0 Å². The fourth-order valence-corrected chi connectivity index (χ4v) is 2.63. The number of hydrogen-bond donors (Lipinski definition) is 1. The zero-order valence-electron chi connectivity index (χ0n) is 13.5. The average molecular weight is 321 g/mol. The van der Waals surface area contributed by atoms with E-state index in [4.69, 9.17) is 5.73 Å². The maximum Gasteiger partial charge on any atom is 0.227 e. The first-order chi connectivity index (χ1) is 11.0. The normalized spacial score (nSPS) is 16.3. The van der Waals surface area contributed by atoms with Gasteiger partial charge in [0.05, 0.1) is 6.42 Å². The van der Waals surface area contributed by atoms with Crippen LogP contribution in [-0.2, 0) is 16.0 Å². The van der Waals surface area contributed by atoms with Crippen molar-refractivity contribution in [2.24, 2.45) is 5.73 Å². The lowest BCUT2D eigenvalue weighted by Gasteiger charge is -2.35. The van der Waals surface area contributed by atoms with Crippen molar-refractivity contribution in [3.8, 4) is 0 Å². The number of amides is 2. The highest BCUT2D eigenvalue weighted by Gasteiger charge is 2.24. The van der Waals surface area contributed by atoms with E-state index in [1.165, 1.54) is 6.07 Å². The van der Waals surface area contributed by atoms with Crippen molar-refractivity contribution in [2.45, 2.75) is 32.2 Å². The second kappa shape index (κ2) is 8.06. The summed E-state index contributed by atoms with van der Waals surface area (Å²) < 4.78 is 13.6. The number of benzene rings is 1. The van der Waals surface area contributed by atoms with Gasteiger partial charge in [0.15, 0.2) is 0 Å². The molecule has 0 aliphatic carbocycles. The highest BCUT2D eigenvalue weighted by molar-refractivity contribution is 5.80. The Hall–Kier alpha value is -1.95. The number of nitrogens with two attached hydrogens (primary N) is 1. The van der Waals surface area contributed by atoms with Crippen LogP contribution in [0.2, 0.25) is 0 Å². The van der Waals surface area contributed by atoms with Gasteiger partial charge in [-0.1, -0.05) is 18.2 Å². The lowest BCUT2D eigenvalue weighted by Crippen LogP contribution is -2.51. The standard InChI is InChI=1S/C17H24FN3O2/c1-13(19)6-7-16(22)20-8-10-21(11-9-20)17(23)12-14-4-2-3-5-15(14)18/h2-5,13H,6-12,19H2,1H3. The summed E-state index contributed by atoms with van der Waals surface area (Å²) in [6, 6.07) is 6.33. The highest BCUT2D eigenvalue weighted by atomic mass is 19.1. The van der Waals surface area contributed by atoms with E-state index >= 15 is 0 Å². The van der Waals surface area contributed by atoms with E-state index in [9.17, 15) is 14.0 Å². The summed E-state index contributed by atoms with van der Waals surface area (Å²) in [7, 11) is 0. The van der Waals surface area contributed by atoms with E-state index in [2.05, 4.69) is 0 Å². The predicted molar refractivity (Wildman–Crippen MR) is 86.1 cm³/mol. The molecule has 1 aliphatic rings. The van der Waals surface area contributed by atoms with Crippen LogP contribution in [0.4, 0.5) is 4.39 Å². The Morgan fingerprint density at radius 1 is 1.13 bits per heavy atom. The number of carbonyl (C=O) groups excluding carboxylic acids is 2. The van der Waals surface area contributed by atoms with Crippen LogP contribution in [0.25, 0.3) is 0 Å². The van der Waals surface area contributed by atoms with Crippen molar-refractivity contribution in [3.63, 3.8) is 0 Å². The minimum atomic E-state index is -0.356. The second-order valence-electron chi connectivity index (χ2n) is 6.05. The monoisotopic (exact) mass is 321 g/mol. The van der Waals surface area contributed by atoms with E-state index in [0.717, 1.165) is 0 Å². The van der Waals surface area contributed by atoms with Crippen molar-refractivity contribution >= 4 is 11.8 Å². The van der Waals surface area contributed by atoms with Gasteiger partial charge in [0.1, 0.15) is 5.82 Å². The molecule has 6 heteroatoms. The smallest absolute Gasteiger partial charge is 0.227 e. The topological polar surface area (TPSA) is 66.6 Å². The first kappa shape index (κ1) is 17.4. The molecule has 1 saturated heterocycles. The van der Waals surface area contributed by atoms with E-state index in [0.29, 0.717) is 44.6 Å². The minimum Gasteiger partial charge on any atom is -0.339 e. The van der Waals surface area contributed by atoms with Crippen molar-refractivity contribution in [1.29, 1.82) is 0 Å². The Labute approximate surface area is 136 Å². The number of nitrogens with zero attached hydrogens (tertiary/aromatic N) is 2. The van der Waals surface area contributed by atoms with Crippen LogP contribution in [0.15, 0.2) is 24.3 Å². The molecule has 23 heavy (non-hydrogen) atoms. The Balaban J connectivity index is 1.81. The maximum atomic E-state index is 13.6. The zero-order valence-corrected chi connectivity index (χ0v) is 13.5. The van der Waals surface area contributed by atoms with Gasteiger partial charge in [-0.3, -0.25) is 9.59 Å². The van der Waals surface area contributed by atoms with Crippen LogP contribution >= 0.6 is 0 Å². The Morgan fingerprint density at radius 3 is 2.26 bits per heavy atom. The third kappa shape index (κ3) is 5.03. The van der Waals surface area contributed by atoms with Crippen LogP contribution in [0, 0.1) is 5.82 Å². The quantitative estimate of drug-likeness (QED) is 0.885. The molecule has 0 bridgehead atoms. The van der Waals surface area contributed by atoms with Gasteiger partial charge in [0.2, 0.25) is 11.8 Å². The van der Waals surface area contributed by atoms with Crippen LogP contribution in [-0.4, -0.2) is 53.8 Å². The highest BCUT2D eigenvalue weighted by Crippen LogP contribution is 2.11. The van der Waals surface area contributed by atoms with Gasteiger partial charge in [0, 0.05) is 38.6 Å². The molecule has 1 aromatic rings. The Morgan fingerprint density at radius 2 is 1.70 bits per heavy atom. The van der Waals surface area contributed by atoms with Crippen molar-refractivity contribution < 1.29 is 14.0 Å². The molecule has 2 amide bonds. The number of rotatable bonds is 5. The van der Waals surface area contributed by atoms with Crippen LogP contribution < -0.4 is 5.73 Å². The molecule has 5 nitrogen and oxygen atoms in total. The van der Waals surface area contributed by atoms with Gasteiger partial charge < -0.3 is 15.5 Å². The fourth-order valence-electron chi connectivity index (χ4n) is 2.63. The summed E-state index contributed by atoms with van der Waals surface area (Å²) in [6.45, 7) is 3.93. The van der Waals surface area contributed by atoms with E-state index in [-0.39, 0.29) is 30.1 Å². The molecule has 0 aromatic heterocycles. The van der Waals surface area contributed by atoms with Gasteiger partial charge in [-0.25, -0.2) is 4.39 Å². The largest absolute Gasteiger partial charge is 0.339 e. The summed E-state index contributed by atoms with van der Waals surface area (Å²) in [5, 5.41) is 0. The van der Waals surface area contributed by atoms with Crippen LogP contribution in [0.1, 0.15) is 25.3 Å². The SMILES string of the molecule is CC(N)CCC(=O)N1CCN(C(=O)Cc2ccccc2F)CC1. The van der Waals surface area contributed by atoms with Gasteiger partial charge in [-0.15, -0.1) is 0 Å². The minimum absolute atomic E-state index is 0.0163. The molecular formula is C17H24FN3O2. The molecule has 1 aromatic carbocycles. The lowest BCUT2D eigenvalue weighted by molar-refractivity contribution is -0.139. The number of carbonyl (C=O) groups is 2. The second-order valence-corrected chi connectivity index (χ2v) is 6.05. The Bertz CT molecular complexity index is 555. The summed E-state index contributed by atoms with van der Waals surface area (Å²) >= 11 is 0. The van der Waals surface area contributed by atoms with Gasteiger partial charge >= 0.3 is 0 Å². The molecule has 0 saturated carbocycles. The van der Waals surface area contributed by atoms with Crippen LogP contribution in [0.3, 0.4) is 0 Å². The van der Waals surface area contributed by atoms with Crippen molar-refractivity contribution in [1.82, 2.24) is 9.80 Å². The van der Waals surface area contributed by atoms with Crippen molar-refractivity contribution in [3.05, 3.63) is 35.6 Å². The molecule has 1 unspecified atom stereocenters. The third-order valence-corrected chi connectivity index (χ3v) is 4.10. The van der Waals surface area contributed by atoms with E-state index in [1.807, 2.05) is 6.92 Å². The zero-order chi connectivity index (χ0) is 16.8. The Kier molecular flexibility index (Phi) is 6.10. The molecule has 1 aliphatic heterocycles. The molecule has 1 fully saturated rings. The van der Waals surface area contributed by atoms with Gasteiger partial charge in [0.25, 0.3) is 0 Å². The molecule has 1 heterocycles. The lowest BCUT2D eigenvalue weighted by atomic mass is 10.1. The van der Waals surface area contributed by atoms with Crippen molar-refractivity contribution in [2.75, 3.05) is 26.2 Å². The summed E-state index contributed by atoms with van der Waals surface area (Å²) in [6.07, 6.45) is 1.18. The summed E-state index contributed by atoms with van der Waals surface area (Å²) in [5.74, 6) is -0.369. The van der Waals surface area contributed by atoms with E-state index < -0.39 is 0 Å². The number of halogens is 1. The number of piperazine rings is 1. The predicted octanol–water partition coefficient (Wildman–Crippen LogP) is 1.17. The molecule has 2 rings (SSSR count). The van der Waals surface area contributed by atoms with E-state index in [1.54, 1.807) is 28.0 Å². The molecular weight excluding hydrogens is 297 g/mol. The molecule has 0 spiro atoms. The summed E-state index contributed by atoms with van der Waals surface area (Å²) in [5.41, 5.74) is 6.07. The molecule has 1 atom stereocenters. The average Bonchev–Trinajstić information content (AvgIpc) is 2.54. The molecule has 126 valence electrons.